The number of hydrogen-bond acceptors (Lipinski definition) is 1. The molecule has 1 aliphatic carbocycles. The first-order valence-electron chi connectivity index (χ1n) is 5.85. The Bertz CT molecular complexity index is 273. The summed E-state index contributed by atoms with van der Waals surface area (Å²) in [5, 5.41) is 0. The van der Waals surface area contributed by atoms with Crippen LogP contribution in [0, 0.1) is 17.8 Å². The molecule has 0 radical (unpaired) electrons. The molecule has 2 unspecified atom stereocenters. The predicted octanol–water partition coefficient (Wildman–Crippen LogP) is 3.76. The van der Waals surface area contributed by atoms with Crippen LogP contribution < -0.4 is 0 Å². The van der Waals surface area contributed by atoms with Gasteiger partial charge in [0.2, 0.25) is 0 Å². The van der Waals surface area contributed by atoms with Gasteiger partial charge in [0, 0.05) is 11.8 Å². The number of carbonyl (C=O) groups excluding carboxylic acids is 1. The summed E-state index contributed by atoms with van der Waals surface area (Å²) in [6, 6.07) is 0. The lowest BCUT2D eigenvalue weighted by molar-refractivity contribution is -0.112. The van der Waals surface area contributed by atoms with Gasteiger partial charge >= 0.3 is 0 Å². The number of hydrogen-bond donors (Lipinski definition) is 0. The molecule has 0 aromatic heterocycles. The minimum absolute atomic E-state index is 0.177. The molecule has 0 bridgehead atoms. The topological polar surface area (TPSA) is 17.1 Å². The standard InChI is InChI=1S/C14H22O/c1-10(2)13(9-15)8-12-6-5-7-14(12)11(3)4/h6,9-10,13-14H,3,5,7-8H2,1-2,4H3. The second-order valence-corrected chi connectivity index (χ2v) is 5.00. The van der Waals surface area contributed by atoms with Crippen molar-refractivity contribution in [3.05, 3.63) is 23.8 Å². The highest BCUT2D eigenvalue weighted by Crippen LogP contribution is 2.35. The second-order valence-electron chi connectivity index (χ2n) is 5.00. The van der Waals surface area contributed by atoms with E-state index in [1.807, 2.05) is 0 Å². The van der Waals surface area contributed by atoms with Crippen LogP contribution in [-0.2, 0) is 4.79 Å². The summed E-state index contributed by atoms with van der Waals surface area (Å²) in [5.74, 6) is 1.15. The Hall–Kier alpha value is -0.850. The molecule has 0 aromatic carbocycles. The number of rotatable bonds is 5. The average Bonchev–Trinajstić information content (AvgIpc) is 2.61. The molecule has 0 fully saturated rings. The summed E-state index contributed by atoms with van der Waals surface area (Å²) in [5.41, 5.74) is 2.68. The van der Waals surface area contributed by atoms with Crippen LogP contribution in [0.5, 0.6) is 0 Å². The number of allylic oxidation sites excluding steroid dienone is 3. The van der Waals surface area contributed by atoms with Crippen molar-refractivity contribution in [3.63, 3.8) is 0 Å². The van der Waals surface area contributed by atoms with Crippen molar-refractivity contribution in [2.45, 2.75) is 40.0 Å². The third-order valence-electron chi connectivity index (χ3n) is 3.41. The third-order valence-corrected chi connectivity index (χ3v) is 3.41. The van der Waals surface area contributed by atoms with Gasteiger partial charge in [-0.15, -0.1) is 0 Å². The summed E-state index contributed by atoms with van der Waals surface area (Å²) in [4.78, 5) is 11.0. The lowest BCUT2D eigenvalue weighted by Crippen LogP contribution is -2.13. The van der Waals surface area contributed by atoms with E-state index in [-0.39, 0.29) is 5.92 Å². The van der Waals surface area contributed by atoms with Gasteiger partial charge in [-0.1, -0.05) is 37.6 Å². The highest BCUT2D eigenvalue weighted by Gasteiger charge is 2.23. The minimum Gasteiger partial charge on any atom is -0.303 e. The van der Waals surface area contributed by atoms with Gasteiger partial charge in [-0.25, -0.2) is 0 Å². The predicted molar refractivity (Wildman–Crippen MR) is 64.6 cm³/mol. The largest absolute Gasteiger partial charge is 0.303 e. The molecule has 84 valence electrons. The number of aldehydes is 1. The number of carbonyl (C=O) groups is 1. The van der Waals surface area contributed by atoms with Gasteiger partial charge in [0.15, 0.2) is 0 Å². The Morgan fingerprint density at radius 3 is 2.80 bits per heavy atom. The zero-order valence-corrected chi connectivity index (χ0v) is 10.1. The summed E-state index contributed by atoms with van der Waals surface area (Å²) in [7, 11) is 0. The first kappa shape index (κ1) is 12.2. The smallest absolute Gasteiger partial charge is 0.123 e. The summed E-state index contributed by atoms with van der Waals surface area (Å²) < 4.78 is 0. The lowest BCUT2D eigenvalue weighted by Gasteiger charge is -2.20. The summed E-state index contributed by atoms with van der Waals surface area (Å²) >= 11 is 0. The molecular formula is C14H22O. The van der Waals surface area contributed by atoms with Gasteiger partial charge in [0.05, 0.1) is 0 Å². The van der Waals surface area contributed by atoms with E-state index >= 15 is 0 Å². The van der Waals surface area contributed by atoms with Crippen molar-refractivity contribution < 1.29 is 4.79 Å². The molecular weight excluding hydrogens is 184 g/mol. The van der Waals surface area contributed by atoms with Gasteiger partial charge < -0.3 is 4.79 Å². The quantitative estimate of drug-likeness (QED) is 0.494. The molecule has 1 nitrogen and oxygen atoms in total. The van der Waals surface area contributed by atoms with E-state index < -0.39 is 0 Å². The molecule has 0 aromatic rings. The highest BCUT2D eigenvalue weighted by molar-refractivity contribution is 5.55. The first-order valence-corrected chi connectivity index (χ1v) is 5.85. The zero-order chi connectivity index (χ0) is 11.4. The normalized spacial score (nSPS) is 22.7. The van der Waals surface area contributed by atoms with E-state index in [0.29, 0.717) is 11.8 Å². The van der Waals surface area contributed by atoms with E-state index in [9.17, 15) is 4.79 Å². The van der Waals surface area contributed by atoms with Gasteiger partial charge in [0.25, 0.3) is 0 Å². The Morgan fingerprint density at radius 2 is 2.33 bits per heavy atom. The molecule has 0 saturated heterocycles. The molecule has 0 aliphatic heterocycles. The summed E-state index contributed by atoms with van der Waals surface area (Å²) in [6.07, 6.45) is 6.68. The van der Waals surface area contributed by atoms with Crippen LogP contribution >= 0.6 is 0 Å². The third kappa shape index (κ3) is 3.05. The molecule has 1 aliphatic rings. The fourth-order valence-corrected chi connectivity index (χ4v) is 2.26. The van der Waals surface area contributed by atoms with E-state index in [2.05, 4.69) is 33.4 Å². The maximum absolute atomic E-state index is 11.0. The lowest BCUT2D eigenvalue weighted by atomic mass is 9.84. The maximum atomic E-state index is 11.0. The van der Waals surface area contributed by atoms with Crippen molar-refractivity contribution >= 4 is 6.29 Å². The Balaban J connectivity index is 2.64. The van der Waals surface area contributed by atoms with Crippen LogP contribution in [0.15, 0.2) is 23.8 Å². The van der Waals surface area contributed by atoms with E-state index in [1.54, 1.807) is 0 Å². The molecule has 0 heterocycles. The fourth-order valence-electron chi connectivity index (χ4n) is 2.26. The Kier molecular flexibility index (Phi) is 4.31. The Morgan fingerprint density at radius 1 is 1.67 bits per heavy atom. The van der Waals surface area contributed by atoms with Gasteiger partial charge in [-0.3, -0.25) is 0 Å². The van der Waals surface area contributed by atoms with Crippen molar-refractivity contribution in [1.82, 2.24) is 0 Å². The highest BCUT2D eigenvalue weighted by atomic mass is 16.1. The van der Waals surface area contributed by atoms with Gasteiger partial charge in [0.1, 0.15) is 6.29 Å². The van der Waals surface area contributed by atoms with E-state index in [4.69, 9.17) is 0 Å². The molecule has 1 rings (SSSR count). The summed E-state index contributed by atoms with van der Waals surface area (Å²) in [6.45, 7) is 10.4. The van der Waals surface area contributed by atoms with Crippen LogP contribution in [0.25, 0.3) is 0 Å². The molecule has 0 spiro atoms. The molecule has 1 heteroatoms. The SMILES string of the molecule is C=C(C)C1CCC=C1CC(C=O)C(C)C. The monoisotopic (exact) mass is 206 g/mol. The van der Waals surface area contributed by atoms with Crippen LogP contribution in [-0.4, -0.2) is 6.29 Å². The van der Waals surface area contributed by atoms with Crippen LogP contribution in [0.2, 0.25) is 0 Å². The Labute approximate surface area is 93.3 Å². The van der Waals surface area contributed by atoms with Crippen molar-refractivity contribution in [1.29, 1.82) is 0 Å². The van der Waals surface area contributed by atoms with Crippen LogP contribution in [0.4, 0.5) is 0 Å². The second kappa shape index (κ2) is 5.29. The van der Waals surface area contributed by atoms with E-state index in [0.717, 1.165) is 19.1 Å². The molecule has 0 saturated carbocycles. The van der Waals surface area contributed by atoms with Crippen molar-refractivity contribution in [3.8, 4) is 0 Å². The fraction of sp³-hybridized carbons (Fsp3) is 0.643. The molecule has 2 atom stereocenters. The van der Waals surface area contributed by atoms with E-state index in [1.165, 1.54) is 17.6 Å². The maximum Gasteiger partial charge on any atom is 0.123 e. The zero-order valence-electron chi connectivity index (χ0n) is 10.1. The average molecular weight is 206 g/mol. The van der Waals surface area contributed by atoms with Crippen molar-refractivity contribution in [2.75, 3.05) is 0 Å². The molecule has 0 N–H and O–H groups in total. The van der Waals surface area contributed by atoms with Gasteiger partial charge in [-0.05, 0) is 32.1 Å². The van der Waals surface area contributed by atoms with Crippen LogP contribution in [0.3, 0.4) is 0 Å². The first-order chi connectivity index (χ1) is 7.06. The van der Waals surface area contributed by atoms with Crippen LogP contribution in [0.1, 0.15) is 40.0 Å². The molecule has 0 amide bonds. The van der Waals surface area contributed by atoms with Crippen molar-refractivity contribution in [2.24, 2.45) is 17.8 Å². The van der Waals surface area contributed by atoms with Gasteiger partial charge in [-0.2, -0.15) is 0 Å². The molecule has 15 heavy (non-hydrogen) atoms. The minimum atomic E-state index is 0.177.